The standard InChI is InChI=1S/C29H26F3N5O3S/c1-40-24-15-7-6-14-23(24)37-25(17-33-27(39)20-11-3-4-12-21(20)29(30,31)32)34-35-28(37)41-18-26(38)36-16-8-10-19-9-2-5-13-22(19)36/h2-7,9,11-15H,8,10,16-18H2,1H3,(H,33,39). The van der Waals surface area contributed by atoms with Gasteiger partial charge < -0.3 is 15.0 Å². The van der Waals surface area contributed by atoms with Crippen molar-refractivity contribution in [2.45, 2.75) is 30.7 Å². The number of halogens is 3. The van der Waals surface area contributed by atoms with Crippen LogP contribution in [0, 0.1) is 0 Å². The molecule has 0 aliphatic carbocycles. The first kappa shape index (κ1) is 28.2. The highest BCUT2D eigenvalue weighted by Crippen LogP contribution is 2.33. The third-order valence-corrected chi connectivity index (χ3v) is 7.56. The summed E-state index contributed by atoms with van der Waals surface area (Å²) in [6.07, 6.45) is -2.90. The summed E-state index contributed by atoms with van der Waals surface area (Å²) in [5.74, 6) is -0.172. The second-order valence-corrected chi connectivity index (χ2v) is 10.1. The van der Waals surface area contributed by atoms with Gasteiger partial charge in [0, 0.05) is 12.2 Å². The number of benzene rings is 3. The van der Waals surface area contributed by atoms with Gasteiger partial charge in [-0.05, 0) is 48.7 Å². The van der Waals surface area contributed by atoms with Gasteiger partial charge >= 0.3 is 6.18 Å². The number of amides is 2. The van der Waals surface area contributed by atoms with Crippen molar-refractivity contribution in [2.24, 2.45) is 0 Å². The largest absolute Gasteiger partial charge is 0.495 e. The first-order valence-electron chi connectivity index (χ1n) is 12.8. The Bertz CT molecular complexity index is 1570. The van der Waals surface area contributed by atoms with Crippen LogP contribution < -0.4 is 15.0 Å². The van der Waals surface area contributed by atoms with Crippen LogP contribution in [-0.4, -0.2) is 46.0 Å². The van der Waals surface area contributed by atoms with Crippen LogP contribution in [-0.2, 0) is 23.9 Å². The van der Waals surface area contributed by atoms with Gasteiger partial charge in [-0.25, -0.2) is 0 Å². The number of nitrogens with zero attached hydrogens (tertiary/aromatic N) is 4. The van der Waals surface area contributed by atoms with E-state index < -0.39 is 23.2 Å². The number of carbonyl (C=O) groups excluding carboxylic acids is 2. The van der Waals surface area contributed by atoms with E-state index in [0.29, 0.717) is 23.1 Å². The number of rotatable bonds is 8. The molecule has 1 aliphatic heterocycles. The molecular weight excluding hydrogens is 555 g/mol. The monoisotopic (exact) mass is 581 g/mol. The number of fused-ring (bicyclic) bond motifs is 1. The molecule has 4 aromatic rings. The molecule has 212 valence electrons. The molecule has 12 heteroatoms. The van der Waals surface area contributed by atoms with Gasteiger partial charge in [-0.2, -0.15) is 13.2 Å². The van der Waals surface area contributed by atoms with Crippen LogP contribution in [0.4, 0.5) is 18.9 Å². The molecule has 1 aliphatic rings. The van der Waals surface area contributed by atoms with Gasteiger partial charge in [0.25, 0.3) is 5.91 Å². The number of alkyl halides is 3. The minimum Gasteiger partial charge on any atom is -0.495 e. The van der Waals surface area contributed by atoms with E-state index in [4.69, 9.17) is 4.74 Å². The van der Waals surface area contributed by atoms with E-state index in [1.807, 2.05) is 24.3 Å². The molecule has 0 unspecified atom stereocenters. The molecule has 0 spiro atoms. The summed E-state index contributed by atoms with van der Waals surface area (Å²) in [7, 11) is 1.50. The zero-order chi connectivity index (χ0) is 29.0. The molecule has 5 rings (SSSR count). The SMILES string of the molecule is COc1ccccc1-n1c(CNC(=O)c2ccccc2C(F)(F)F)nnc1SCC(=O)N1CCCc2ccccc21. The molecular formula is C29H26F3N5O3S. The number of para-hydroxylation sites is 3. The van der Waals surface area contributed by atoms with Crippen LogP contribution in [0.3, 0.4) is 0 Å². The van der Waals surface area contributed by atoms with E-state index in [0.717, 1.165) is 36.2 Å². The van der Waals surface area contributed by atoms with Gasteiger partial charge in [-0.15, -0.1) is 10.2 Å². The third kappa shape index (κ3) is 6.07. The summed E-state index contributed by atoms with van der Waals surface area (Å²) < 4.78 is 47.5. The van der Waals surface area contributed by atoms with Crippen LogP contribution in [0.1, 0.15) is 33.7 Å². The summed E-state index contributed by atoms with van der Waals surface area (Å²) in [5.41, 5.74) is 1.05. The number of nitrogens with one attached hydrogen (secondary N) is 1. The number of anilines is 1. The van der Waals surface area contributed by atoms with Crippen LogP contribution in [0.15, 0.2) is 78.0 Å². The number of aromatic nitrogens is 3. The lowest BCUT2D eigenvalue weighted by Crippen LogP contribution is -2.36. The normalized spacial score (nSPS) is 13.0. The van der Waals surface area contributed by atoms with Gasteiger partial charge in [-0.3, -0.25) is 14.2 Å². The third-order valence-electron chi connectivity index (χ3n) is 6.65. The second-order valence-electron chi connectivity index (χ2n) is 9.20. The molecule has 1 aromatic heterocycles. The lowest BCUT2D eigenvalue weighted by atomic mass is 10.0. The Morgan fingerprint density at radius 2 is 1.68 bits per heavy atom. The van der Waals surface area contributed by atoms with Crippen molar-refractivity contribution in [3.63, 3.8) is 0 Å². The van der Waals surface area contributed by atoms with Crippen LogP contribution in [0.2, 0.25) is 0 Å². The molecule has 0 atom stereocenters. The van der Waals surface area contributed by atoms with Crippen molar-refractivity contribution in [3.05, 3.63) is 95.3 Å². The maximum atomic E-state index is 13.5. The zero-order valence-corrected chi connectivity index (χ0v) is 22.8. The summed E-state index contributed by atoms with van der Waals surface area (Å²) >= 11 is 1.18. The predicted molar refractivity (Wildman–Crippen MR) is 148 cm³/mol. The molecule has 0 saturated heterocycles. The van der Waals surface area contributed by atoms with Gasteiger partial charge in [0.1, 0.15) is 5.75 Å². The summed E-state index contributed by atoms with van der Waals surface area (Å²) in [6, 6.07) is 19.5. The highest BCUT2D eigenvalue weighted by atomic mass is 32.2. The van der Waals surface area contributed by atoms with Crippen molar-refractivity contribution < 1.29 is 27.5 Å². The van der Waals surface area contributed by atoms with E-state index >= 15 is 0 Å². The van der Waals surface area contributed by atoms with Crippen molar-refractivity contribution in [2.75, 3.05) is 24.3 Å². The van der Waals surface area contributed by atoms with Crippen LogP contribution in [0.25, 0.3) is 5.69 Å². The van der Waals surface area contributed by atoms with Crippen molar-refractivity contribution in [1.29, 1.82) is 0 Å². The van der Waals surface area contributed by atoms with Crippen molar-refractivity contribution >= 4 is 29.3 Å². The van der Waals surface area contributed by atoms with Crippen LogP contribution in [0.5, 0.6) is 5.75 Å². The van der Waals surface area contributed by atoms with E-state index in [9.17, 15) is 22.8 Å². The zero-order valence-electron chi connectivity index (χ0n) is 22.0. The Morgan fingerprint density at radius 1 is 0.976 bits per heavy atom. The van der Waals surface area contributed by atoms with Crippen molar-refractivity contribution in [1.82, 2.24) is 20.1 Å². The fourth-order valence-electron chi connectivity index (χ4n) is 4.74. The molecule has 3 aromatic carbocycles. The topological polar surface area (TPSA) is 89.3 Å². The molecule has 0 radical (unpaired) electrons. The number of carbonyl (C=O) groups is 2. The number of methoxy groups -OCH3 is 1. The Labute approximate surface area is 238 Å². The molecule has 8 nitrogen and oxygen atoms in total. The van der Waals surface area contributed by atoms with E-state index in [2.05, 4.69) is 15.5 Å². The van der Waals surface area contributed by atoms with Gasteiger partial charge in [0.05, 0.1) is 36.2 Å². The van der Waals surface area contributed by atoms with Crippen LogP contribution >= 0.6 is 11.8 Å². The first-order valence-corrected chi connectivity index (χ1v) is 13.8. The number of hydrogen-bond acceptors (Lipinski definition) is 6. The summed E-state index contributed by atoms with van der Waals surface area (Å²) in [5, 5.41) is 11.4. The Kier molecular flexibility index (Phi) is 8.29. The highest BCUT2D eigenvalue weighted by Gasteiger charge is 2.35. The maximum absolute atomic E-state index is 13.5. The average Bonchev–Trinajstić information content (AvgIpc) is 3.40. The fourth-order valence-corrected chi connectivity index (χ4v) is 5.58. The molecule has 41 heavy (non-hydrogen) atoms. The summed E-state index contributed by atoms with van der Waals surface area (Å²) in [4.78, 5) is 27.8. The fraction of sp³-hybridized carbons (Fsp3) is 0.241. The quantitative estimate of drug-likeness (QED) is 0.284. The van der Waals surface area contributed by atoms with E-state index in [-0.39, 0.29) is 24.0 Å². The van der Waals surface area contributed by atoms with E-state index in [1.165, 1.54) is 31.0 Å². The minimum absolute atomic E-state index is 0.0763. The number of ether oxygens (including phenoxy) is 1. The summed E-state index contributed by atoms with van der Waals surface area (Å²) in [6.45, 7) is 0.399. The number of thioether (sulfide) groups is 1. The number of hydrogen-bond donors (Lipinski definition) is 1. The molecule has 1 N–H and O–H groups in total. The second kappa shape index (κ2) is 12.0. The molecule has 0 bridgehead atoms. The molecule has 0 saturated carbocycles. The first-order chi connectivity index (χ1) is 19.8. The molecule has 2 amide bonds. The van der Waals surface area contributed by atoms with Gasteiger partial charge in [0.15, 0.2) is 11.0 Å². The van der Waals surface area contributed by atoms with Gasteiger partial charge in [-0.1, -0.05) is 54.2 Å². The Hall–Kier alpha value is -4.32. The highest BCUT2D eigenvalue weighted by molar-refractivity contribution is 7.99. The lowest BCUT2D eigenvalue weighted by Gasteiger charge is -2.29. The lowest BCUT2D eigenvalue weighted by molar-refractivity contribution is -0.138. The van der Waals surface area contributed by atoms with Gasteiger partial charge in [0.2, 0.25) is 5.91 Å². The predicted octanol–water partition coefficient (Wildman–Crippen LogP) is 5.30. The minimum atomic E-state index is -4.68. The van der Waals surface area contributed by atoms with Crippen molar-refractivity contribution in [3.8, 4) is 11.4 Å². The van der Waals surface area contributed by atoms with E-state index in [1.54, 1.807) is 33.7 Å². The number of aryl methyl sites for hydroxylation is 1. The maximum Gasteiger partial charge on any atom is 0.417 e. The average molecular weight is 582 g/mol. The molecule has 0 fully saturated rings. The smallest absolute Gasteiger partial charge is 0.417 e. The Balaban J connectivity index is 1.40. The molecule has 2 heterocycles. The Morgan fingerprint density at radius 3 is 2.46 bits per heavy atom.